The van der Waals surface area contributed by atoms with Crippen LogP contribution in [0.4, 0.5) is 0 Å². The summed E-state index contributed by atoms with van der Waals surface area (Å²) in [6, 6.07) is 5.55. The minimum atomic E-state index is -0.239. The van der Waals surface area contributed by atoms with E-state index in [-0.39, 0.29) is 6.04 Å². The SMILES string of the molecule is CCOc1ccc(C(N)C2=CCCO2)cc1OCC. The molecule has 0 saturated carbocycles. The lowest BCUT2D eigenvalue weighted by Crippen LogP contribution is -2.14. The van der Waals surface area contributed by atoms with Gasteiger partial charge >= 0.3 is 0 Å². The van der Waals surface area contributed by atoms with Crippen LogP contribution in [0.5, 0.6) is 11.5 Å². The largest absolute Gasteiger partial charge is 0.496 e. The lowest BCUT2D eigenvalue weighted by Gasteiger charge is -2.17. The highest BCUT2D eigenvalue weighted by molar-refractivity contribution is 5.45. The molecular weight excluding hydrogens is 242 g/mol. The van der Waals surface area contributed by atoms with E-state index in [1.807, 2.05) is 38.1 Å². The van der Waals surface area contributed by atoms with E-state index in [0.717, 1.165) is 35.8 Å². The number of nitrogens with two attached hydrogens (primary N) is 1. The van der Waals surface area contributed by atoms with Gasteiger partial charge in [0.15, 0.2) is 11.5 Å². The molecule has 0 aliphatic carbocycles. The number of ether oxygens (including phenoxy) is 3. The van der Waals surface area contributed by atoms with Crippen molar-refractivity contribution in [1.82, 2.24) is 0 Å². The molecule has 19 heavy (non-hydrogen) atoms. The Morgan fingerprint density at radius 1 is 1.21 bits per heavy atom. The maximum absolute atomic E-state index is 6.20. The molecule has 0 bridgehead atoms. The van der Waals surface area contributed by atoms with Crippen molar-refractivity contribution in [3.8, 4) is 11.5 Å². The van der Waals surface area contributed by atoms with Gasteiger partial charge < -0.3 is 19.9 Å². The topological polar surface area (TPSA) is 53.7 Å². The van der Waals surface area contributed by atoms with E-state index in [2.05, 4.69) is 0 Å². The van der Waals surface area contributed by atoms with Gasteiger partial charge in [0.25, 0.3) is 0 Å². The summed E-state index contributed by atoms with van der Waals surface area (Å²) in [4.78, 5) is 0. The van der Waals surface area contributed by atoms with Gasteiger partial charge in [-0.1, -0.05) is 6.07 Å². The summed E-state index contributed by atoms with van der Waals surface area (Å²) in [5, 5.41) is 0. The number of hydrogen-bond donors (Lipinski definition) is 1. The zero-order valence-electron chi connectivity index (χ0n) is 11.5. The van der Waals surface area contributed by atoms with Crippen molar-refractivity contribution in [2.24, 2.45) is 5.73 Å². The minimum absolute atomic E-state index is 0.239. The summed E-state index contributed by atoms with van der Waals surface area (Å²) in [5.74, 6) is 2.32. The van der Waals surface area contributed by atoms with Crippen molar-refractivity contribution in [3.05, 3.63) is 35.6 Å². The fourth-order valence-corrected chi connectivity index (χ4v) is 2.08. The molecule has 1 aromatic carbocycles. The maximum atomic E-state index is 6.20. The molecule has 4 heteroatoms. The van der Waals surface area contributed by atoms with Crippen LogP contribution in [0.3, 0.4) is 0 Å². The number of hydrogen-bond acceptors (Lipinski definition) is 4. The first-order valence-electron chi connectivity index (χ1n) is 6.74. The van der Waals surface area contributed by atoms with Crippen molar-refractivity contribution in [2.45, 2.75) is 26.3 Å². The van der Waals surface area contributed by atoms with E-state index >= 15 is 0 Å². The fourth-order valence-electron chi connectivity index (χ4n) is 2.08. The van der Waals surface area contributed by atoms with Crippen molar-refractivity contribution >= 4 is 0 Å². The third-order valence-electron chi connectivity index (χ3n) is 2.97. The molecule has 4 nitrogen and oxygen atoms in total. The van der Waals surface area contributed by atoms with Gasteiger partial charge in [-0.25, -0.2) is 0 Å². The first-order valence-corrected chi connectivity index (χ1v) is 6.74. The summed E-state index contributed by atoms with van der Waals surface area (Å²) in [7, 11) is 0. The lowest BCUT2D eigenvalue weighted by atomic mass is 10.0. The van der Waals surface area contributed by atoms with Crippen LogP contribution in [0.25, 0.3) is 0 Å². The van der Waals surface area contributed by atoms with E-state index in [1.54, 1.807) is 0 Å². The molecule has 1 aliphatic rings. The van der Waals surface area contributed by atoms with Crippen molar-refractivity contribution in [1.29, 1.82) is 0 Å². The van der Waals surface area contributed by atoms with Gasteiger partial charge in [-0.2, -0.15) is 0 Å². The van der Waals surface area contributed by atoms with Crippen LogP contribution in [-0.4, -0.2) is 19.8 Å². The molecule has 0 saturated heterocycles. The number of rotatable bonds is 6. The molecule has 0 fully saturated rings. The summed E-state index contributed by atoms with van der Waals surface area (Å²) in [5.41, 5.74) is 7.17. The van der Waals surface area contributed by atoms with E-state index in [0.29, 0.717) is 13.2 Å². The Labute approximate surface area is 114 Å². The molecule has 1 atom stereocenters. The van der Waals surface area contributed by atoms with Crippen LogP contribution in [0.1, 0.15) is 31.9 Å². The fraction of sp³-hybridized carbons (Fsp3) is 0.467. The van der Waals surface area contributed by atoms with E-state index in [1.165, 1.54) is 0 Å². The second-order valence-corrected chi connectivity index (χ2v) is 4.29. The maximum Gasteiger partial charge on any atom is 0.161 e. The molecule has 2 N–H and O–H groups in total. The molecule has 0 spiro atoms. The highest BCUT2D eigenvalue weighted by Crippen LogP contribution is 2.33. The van der Waals surface area contributed by atoms with E-state index in [9.17, 15) is 0 Å². The Morgan fingerprint density at radius 3 is 2.58 bits per heavy atom. The van der Waals surface area contributed by atoms with Crippen LogP contribution in [0.15, 0.2) is 30.0 Å². The monoisotopic (exact) mass is 263 g/mol. The van der Waals surface area contributed by atoms with Crippen molar-refractivity contribution in [2.75, 3.05) is 19.8 Å². The Bertz CT molecular complexity index is 457. The summed E-state index contributed by atoms with van der Waals surface area (Å²) < 4.78 is 16.7. The van der Waals surface area contributed by atoms with Gasteiger partial charge in [-0.05, 0) is 37.6 Å². The first-order chi connectivity index (χ1) is 9.26. The van der Waals surface area contributed by atoms with Gasteiger partial charge in [-0.3, -0.25) is 0 Å². The summed E-state index contributed by atoms with van der Waals surface area (Å²) >= 11 is 0. The molecule has 104 valence electrons. The van der Waals surface area contributed by atoms with Gasteiger partial charge in [0.05, 0.1) is 25.9 Å². The molecule has 2 rings (SSSR count). The van der Waals surface area contributed by atoms with Crippen LogP contribution >= 0.6 is 0 Å². The van der Waals surface area contributed by atoms with Crippen LogP contribution < -0.4 is 15.2 Å². The molecule has 1 heterocycles. The van der Waals surface area contributed by atoms with Gasteiger partial charge in [-0.15, -0.1) is 0 Å². The third-order valence-corrected chi connectivity index (χ3v) is 2.97. The standard InChI is InChI=1S/C15H21NO3/c1-3-17-12-8-7-11(10-14(12)18-4-2)15(16)13-6-5-9-19-13/h6-8,10,15H,3-5,9,16H2,1-2H3. The van der Waals surface area contributed by atoms with Gasteiger partial charge in [0, 0.05) is 6.42 Å². The third kappa shape index (κ3) is 3.20. The number of benzene rings is 1. The van der Waals surface area contributed by atoms with Crippen LogP contribution in [0.2, 0.25) is 0 Å². The molecule has 0 aromatic heterocycles. The zero-order valence-corrected chi connectivity index (χ0v) is 11.5. The van der Waals surface area contributed by atoms with Gasteiger partial charge in [0.1, 0.15) is 5.76 Å². The minimum Gasteiger partial charge on any atom is -0.496 e. The Balaban J connectivity index is 2.23. The molecule has 0 amide bonds. The second kappa shape index (κ2) is 6.48. The second-order valence-electron chi connectivity index (χ2n) is 4.29. The van der Waals surface area contributed by atoms with Gasteiger partial charge in [0.2, 0.25) is 0 Å². The average Bonchev–Trinajstić information content (AvgIpc) is 2.94. The van der Waals surface area contributed by atoms with Crippen molar-refractivity contribution < 1.29 is 14.2 Å². The molecule has 1 aliphatic heterocycles. The smallest absolute Gasteiger partial charge is 0.161 e. The Morgan fingerprint density at radius 2 is 1.95 bits per heavy atom. The average molecular weight is 263 g/mol. The summed E-state index contributed by atoms with van der Waals surface area (Å²) in [6.45, 7) is 5.83. The Hall–Kier alpha value is -1.68. The summed E-state index contributed by atoms with van der Waals surface area (Å²) in [6.07, 6.45) is 2.97. The normalized spacial score (nSPS) is 15.6. The van der Waals surface area contributed by atoms with E-state index in [4.69, 9.17) is 19.9 Å². The lowest BCUT2D eigenvalue weighted by molar-refractivity contribution is 0.225. The Kier molecular flexibility index (Phi) is 4.68. The molecule has 1 unspecified atom stereocenters. The molecule has 1 aromatic rings. The van der Waals surface area contributed by atoms with E-state index < -0.39 is 0 Å². The predicted octanol–water partition coefficient (Wildman–Crippen LogP) is 2.79. The highest BCUT2D eigenvalue weighted by atomic mass is 16.5. The molecular formula is C15H21NO3. The van der Waals surface area contributed by atoms with Crippen LogP contribution in [0, 0.1) is 0 Å². The quantitative estimate of drug-likeness (QED) is 0.857. The zero-order chi connectivity index (χ0) is 13.7. The highest BCUT2D eigenvalue weighted by Gasteiger charge is 2.18. The van der Waals surface area contributed by atoms with Crippen LogP contribution in [-0.2, 0) is 4.74 Å². The predicted molar refractivity (Wildman–Crippen MR) is 74.4 cm³/mol. The first kappa shape index (κ1) is 13.7. The van der Waals surface area contributed by atoms with Crippen molar-refractivity contribution in [3.63, 3.8) is 0 Å². The molecule has 0 radical (unpaired) electrons.